The first kappa shape index (κ1) is 19.5. The van der Waals surface area contributed by atoms with Crippen molar-refractivity contribution in [1.29, 1.82) is 0 Å². The lowest BCUT2D eigenvalue weighted by atomic mass is 9.90. The zero-order chi connectivity index (χ0) is 20.3. The number of aryl methyl sites for hydroxylation is 1. The molecule has 1 amide bonds. The Morgan fingerprint density at radius 2 is 2.00 bits per heavy atom. The van der Waals surface area contributed by atoms with Crippen LogP contribution < -0.4 is 16.0 Å². The summed E-state index contributed by atoms with van der Waals surface area (Å²) in [6.45, 7) is 3.65. The smallest absolute Gasteiger partial charge is 0.225 e. The summed E-state index contributed by atoms with van der Waals surface area (Å²) in [6, 6.07) is 16.0. The van der Waals surface area contributed by atoms with Gasteiger partial charge in [0.25, 0.3) is 0 Å². The van der Waals surface area contributed by atoms with E-state index in [4.69, 9.17) is 0 Å². The van der Waals surface area contributed by atoms with Gasteiger partial charge in [0.15, 0.2) is 5.96 Å². The molecule has 1 aliphatic heterocycles. The quantitative estimate of drug-likeness (QED) is 0.465. The Labute approximate surface area is 171 Å². The highest BCUT2D eigenvalue weighted by Gasteiger charge is 2.36. The summed E-state index contributed by atoms with van der Waals surface area (Å²) in [7, 11) is 0. The van der Waals surface area contributed by atoms with Gasteiger partial charge < -0.3 is 21.1 Å². The number of amides is 1. The standard InChI is InChI=1S/C23H28N4O2/c1-2-24-22(26-15-23(29)12-11-16-7-3-5-9-19(16)23)25-14-17-13-21(28)27-20-10-6-4-8-18(17)20/h3-10,17,29H,2,11-15H2,1H3,(H,27,28)(H2,24,25,26). The van der Waals surface area contributed by atoms with Gasteiger partial charge in [-0.25, -0.2) is 4.99 Å². The minimum absolute atomic E-state index is 0.0364. The number of hydrogen-bond donors (Lipinski definition) is 4. The predicted octanol–water partition coefficient (Wildman–Crippen LogP) is 2.50. The number of nitrogens with zero attached hydrogens (tertiary/aromatic N) is 1. The highest BCUT2D eigenvalue weighted by molar-refractivity contribution is 5.94. The molecule has 0 radical (unpaired) electrons. The van der Waals surface area contributed by atoms with Gasteiger partial charge in [-0.05, 0) is 42.5 Å². The number of rotatable bonds is 5. The largest absolute Gasteiger partial charge is 0.383 e. The second-order valence-electron chi connectivity index (χ2n) is 7.80. The van der Waals surface area contributed by atoms with Gasteiger partial charge in [0.2, 0.25) is 5.91 Å². The molecule has 2 aromatic rings. The molecular weight excluding hydrogens is 364 g/mol. The summed E-state index contributed by atoms with van der Waals surface area (Å²) in [4.78, 5) is 16.7. The fraction of sp³-hybridized carbons (Fsp3) is 0.391. The van der Waals surface area contributed by atoms with Crippen molar-refractivity contribution in [3.8, 4) is 0 Å². The Bertz CT molecular complexity index is 927. The minimum Gasteiger partial charge on any atom is -0.383 e. The molecule has 0 aromatic heterocycles. The van der Waals surface area contributed by atoms with Crippen LogP contribution in [0.1, 0.15) is 42.4 Å². The zero-order valence-electron chi connectivity index (χ0n) is 16.7. The number of hydrogen-bond acceptors (Lipinski definition) is 3. The Morgan fingerprint density at radius 1 is 1.21 bits per heavy atom. The number of carbonyl (C=O) groups is 1. The average Bonchev–Trinajstić information content (AvgIpc) is 3.07. The molecule has 1 aliphatic carbocycles. The maximum Gasteiger partial charge on any atom is 0.225 e. The van der Waals surface area contributed by atoms with E-state index in [0.717, 1.165) is 29.8 Å². The van der Waals surface area contributed by atoms with Gasteiger partial charge in [-0.3, -0.25) is 4.79 Å². The highest BCUT2D eigenvalue weighted by atomic mass is 16.3. The summed E-state index contributed by atoms with van der Waals surface area (Å²) >= 11 is 0. The maximum absolute atomic E-state index is 12.0. The average molecular weight is 393 g/mol. The SMILES string of the molecule is CCNC(=NCC1(O)CCc2ccccc21)NCC1CC(=O)Nc2ccccc21. The van der Waals surface area contributed by atoms with Crippen LogP contribution >= 0.6 is 0 Å². The van der Waals surface area contributed by atoms with Crippen molar-refractivity contribution in [3.63, 3.8) is 0 Å². The number of fused-ring (bicyclic) bond motifs is 2. The van der Waals surface area contributed by atoms with Crippen molar-refractivity contribution in [2.45, 2.75) is 37.7 Å². The maximum atomic E-state index is 12.0. The van der Waals surface area contributed by atoms with Gasteiger partial charge in [-0.15, -0.1) is 0 Å². The number of benzene rings is 2. The van der Waals surface area contributed by atoms with Crippen LogP contribution in [-0.4, -0.2) is 36.6 Å². The molecule has 4 rings (SSSR count). The number of nitrogens with one attached hydrogen (secondary N) is 3. The molecular formula is C23H28N4O2. The second-order valence-corrected chi connectivity index (χ2v) is 7.80. The molecule has 0 fully saturated rings. The molecule has 1 heterocycles. The van der Waals surface area contributed by atoms with Gasteiger partial charge in [-0.1, -0.05) is 42.5 Å². The molecule has 2 atom stereocenters. The fourth-order valence-corrected chi connectivity index (χ4v) is 4.29. The van der Waals surface area contributed by atoms with Crippen LogP contribution in [0.2, 0.25) is 0 Å². The number of para-hydroxylation sites is 1. The van der Waals surface area contributed by atoms with Gasteiger partial charge in [-0.2, -0.15) is 0 Å². The molecule has 2 aliphatic rings. The van der Waals surface area contributed by atoms with Crippen LogP contribution in [0.25, 0.3) is 0 Å². The van der Waals surface area contributed by atoms with E-state index in [1.165, 1.54) is 5.56 Å². The summed E-state index contributed by atoms with van der Waals surface area (Å²) in [5.74, 6) is 0.780. The topological polar surface area (TPSA) is 85.8 Å². The first-order valence-electron chi connectivity index (χ1n) is 10.3. The van der Waals surface area contributed by atoms with Crippen LogP contribution in [-0.2, 0) is 16.8 Å². The fourth-order valence-electron chi connectivity index (χ4n) is 4.29. The molecule has 2 unspecified atom stereocenters. The molecule has 6 heteroatoms. The van der Waals surface area contributed by atoms with Crippen molar-refractivity contribution < 1.29 is 9.90 Å². The lowest BCUT2D eigenvalue weighted by Gasteiger charge is -2.27. The Hall–Kier alpha value is -2.86. The number of aliphatic imine (C=N–C) groups is 1. The lowest BCUT2D eigenvalue weighted by Crippen LogP contribution is -2.41. The Balaban J connectivity index is 1.46. The van der Waals surface area contributed by atoms with E-state index < -0.39 is 5.60 Å². The first-order chi connectivity index (χ1) is 14.1. The molecule has 0 saturated heterocycles. The van der Waals surface area contributed by atoms with E-state index >= 15 is 0 Å². The van der Waals surface area contributed by atoms with Crippen LogP contribution in [0.3, 0.4) is 0 Å². The van der Waals surface area contributed by atoms with E-state index in [1.807, 2.05) is 43.3 Å². The van der Waals surface area contributed by atoms with Crippen LogP contribution in [0.4, 0.5) is 5.69 Å². The molecule has 29 heavy (non-hydrogen) atoms. The van der Waals surface area contributed by atoms with Gasteiger partial charge in [0.05, 0.1) is 6.54 Å². The predicted molar refractivity (Wildman–Crippen MR) is 115 cm³/mol. The summed E-state index contributed by atoms with van der Waals surface area (Å²) in [5.41, 5.74) is 3.29. The Kier molecular flexibility index (Phi) is 5.53. The van der Waals surface area contributed by atoms with Gasteiger partial charge in [0, 0.05) is 31.1 Å². The zero-order valence-corrected chi connectivity index (χ0v) is 16.7. The molecule has 152 valence electrons. The summed E-state index contributed by atoms with van der Waals surface area (Å²) < 4.78 is 0. The highest BCUT2D eigenvalue weighted by Crippen LogP contribution is 2.37. The third-order valence-corrected chi connectivity index (χ3v) is 5.79. The number of aliphatic hydroxyl groups is 1. The van der Waals surface area contributed by atoms with E-state index in [1.54, 1.807) is 0 Å². The Morgan fingerprint density at radius 3 is 2.86 bits per heavy atom. The van der Waals surface area contributed by atoms with E-state index in [-0.39, 0.29) is 11.8 Å². The summed E-state index contributed by atoms with van der Waals surface area (Å²) in [5, 5.41) is 20.7. The van der Waals surface area contributed by atoms with E-state index in [9.17, 15) is 9.90 Å². The third-order valence-electron chi connectivity index (χ3n) is 5.79. The van der Waals surface area contributed by atoms with Crippen molar-refractivity contribution in [3.05, 3.63) is 65.2 Å². The number of guanidine groups is 1. The van der Waals surface area contributed by atoms with Crippen LogP contribution in [0.5, 0.6) is 0 Å². The van der Waals surface area contributed by atoms with Crippen molar-refractivity contribution in [1.82, 2.24) is 10.6 Å². The second kappa shape index (κ2) is 8.25. The van der Waals surface area contributed by atoms with E-state index in [0.29, 0.717) is 31.9 Å². The molecule has 2 aromatic carbocycles. The number of carbonyl (C=O) groups excluding carboxylic acids is 1. The van der Waals surface area contributed by atoms with Crippen molar-refractivity contribution in [2.24, 2.45) is 4.99 Å². The van der Waals surface area contributed by atoms with Gasteiger partial charge in [0.1, 0.15) is 5.60 Å². The van der Waals surface area contributed by atoms with Crippen molar-refractivity contribution >= 4 is 17.6 Å². The lowest BCUT2D eigenvalue weighted by molar-refractivity contribution is -0.116. The molecule has 4 N–H and O–H groups in total. The molecule has 0 bridgehead atoms. The number of anilines is 1. The molecule has 0 saturated carbocycles. The molecule has 6 nitrogen and oxygen atoms in total. The van der Waals surface area contributed by atoms with Crippen LogP contribution in [0, 0.1) is 0 Å². The first-order valence-corrected chi connectivity index (χ1v) is 10.3. The van der Waals surface area contributed by atoms with E-state index in [2.05, 4.69) is 33.1 Å². The monoisotopic (exact) mass is 392 g/mol. The minimum atomic E-state index is -0.920. The van der Waals surface area contributed by atoms with Crippen LogP contribution in [0.15, 0.2) is 53.5 Å². The van der Waals surface area contributed by atoms with Crippen molar-refractivity contribution in [2.75, 3.05) is 25.0 Å². The van der Waals surface area contributed by atoms with Gasteiger partial charge >= 0.3 is 0 Å². The third kappa shape index (κ3) is 4.12. The normalized spacial score (nSPS) is 23.2. The summed E-state index contributed by atoms with van der Waals surface area (Å²) in [6.07, 6.45) is 2.01. The molecule has 0 spiro atoms.